The van der Waals surface area contributed by atoms with Crippen molar-refractivity contribution in [3.8, 4) is 11.5 Å². The van der Waals surface area contributed by atoms with Crippen molar-refractivity contribution in [3.05, 3.63) is 59.9 Å². The highest BCUT2D eigenvalue weighted by Crippen LogP contribution is 2.26. The molecule has 0 saturated carbocycles. The summed E-state index contributed by atoms with van der Waals surface area (Å²) in [6.07, 6.45) is 0. The number of hydrogen-bond donors (Lipinski definition) is 2. The van der Waals surface area contributed by atoms with Crippen molar-refractivity contribution in [3.63, 3.8) is 0 Å². The van der Waals surface area contributed by atoms with Crippen molar-refractivity contribution in [2.24, 2.45) is 13.0 Å². The number of para-hydroxylation sites is 2. The smallest absolute Gasteiger partial charge is 0.251 e. The number of nitrogens with one attached hydrogen (secondary N) is 2. The maximum Gasteiger partial charge on any atom is 0.251 e. The van der Waals surface area contributed by atoms with Crippen LogP contribution in [0.2, 0.25) is 0 Å². The fourth-order valence-electron chi connectivity index (χ4n) is 3.39. The standard InChI is InChI=1S/C25H31N5O4S/c1-6-34-20-10-8-7-9-19(20)26-21(31)15-35-25-29-28-23(30(25)4)22(16(2)3)27-24(32)17-11-13-18(33-5)14-12-17/h7-14,16,22H,6,15H2,1-5H3,(H,26,31)(H,27,32). The molecule has 3 rings (SSSR count). The van der Waals surface area contributed by atoms with Gasteiger partial charge in [-0.05, 0) is 49.2 Å². The van der Waals surface area contributed by atoms with E-state index in [0.29, 0.717) is 40.3 Å². The number of benzene rings is 2. The van der Waals surface area contributed by atoms with Gasteiger partial charge in [-0.25, -0.2) is 0 Å². The predicted molar refractivity (Wildman–Crippen MR) is 136 cm³/mol. The van der Waals surface area contributed by atoms with E-state index < -0.39 is 0 Å². The minimum Gasteiger partial charge on any atom is -0.497 e. The Labute approximate surface area is 209 Å². The highest BCUT2D eigenvalue weighted by molar-refractivity contribution is 7.99. The molecule has 0 radical (unpaired) electrons. The van der Waals surface area contributed by atoms with Gasteiger partial charge >= 0.3 is 0 Å². The summed E-state index contributed by atoms with van der Waals surface area (Å²) in [5.41, 5.74) is 1.15. The van der Waals surface area contributed by atoms with Crippen LogP contribution in [0, 0.1) is 5.92 Å². The number of carbonyl (C=O) groups is 2. The van der Waals surface area contributed by atoms with Crippen molar-refractivity contribution >= 4 is 29.3 Å². The topological polar surface area (TPSA) is 107 Å². The normalized spacial score (nSPS) is 11.7. The second-order valence-electron chi connectivity index (χ2n) is 8.09. The molecule has 35 heavy (non-hydrogen) atoms. The van der Waals surface area contributed by atoms with Crippen molar-refractivity contribution in [2.45, 2.75) is 32.0 Å². The molecule has 9 nitrogen and oxygen atoms in total. The Balaban J connectivity index is 1.65. The summed E-state index contributed by atoms with van der Waals surface area (Å²) in [5.74, 6) is 1.75. The molecular formula is C25H31N5O4S. The van der Waals surface area contributed by atoms with Crippen molar-refractivity contribution < 1.29 is 19.1 Å². The van der Waals surface area contributed by atoms with E-state index in [1.165, 1.54) is 11.8 Å². The third kappa shape index (κ3) is 6.75. The molecule has 2 amide bonds. The molecule has 0 saturated heterocycles. The van der Waals surface area contributed by atoms with Gasteiger partial charge in [0.15, 0.2) is 11.0 Å². The maximum absolute atomic E-state index is 12.8. The van der Waals surface area contributed by atoms with Crippen molar-refractivity contribution in [1.29, 1.82) is 0 Å². The molecular weight excluding hydrogens is 466 g/mol. The van der Waals surface area contributed by atoms with E-state index in [4.69, 9.17) is 9.47 Å². The Morgan fingerprint density at radius 3 is 2.46 bits per heavy atom. The van der Waals surface area contributed by atoms with E-state index in [1.54, 1.807) is 37.4 Å². The van der Waals surface area contributed by atoms with Crippen molar-refractivity contribution in [2.75, 3.05) is 24.8 Å². The van der Waals surface area contributed by atoms with Crippen LogP contribution in [0.3, 0.4) is 0 Å². The predicted octanol–water partition coefficient (Wildman–Crippen LogP) is 4.08. The lowest BCUT2D eigenvalue weighted by Crippen LogP contribution is -2.33. The largest absolute Gasteiger partial charge is 0.497 e. The minimum absolute atomic E-state index is 0.0660. The summed E-state index contributed by atoms with van der Waals surface area (Å²) < 4.78 is 12.5. The number of amides is 2. The van der Waals surface area contributed by atoms with E-state index >= 15 is 0 Å². The van der Waals surface area contributed by atoms with E-state index in [2.05, 4.69) is 20.8 Å². The van der Waals surface area contributed by atoms with E-state index in [-0.39, 0.29) is 29.5 Å². The van der Waals surface area contributed by atoms with Crippen LogP contribution in [0.25, 0.3) is 0 Å². The number of ether oxygens (including phenoxy) is 2. The van der Waals surface area contributed by atoms with Gasteiger partial charge in [-0.2, -0.15) is 0 Å². The summed E-state index contributed by atoms with van der Waals surface area (Å²) in [6, 6.07) is 13.9. The molecule has 3 aromatic rings. The average Bonchev–Trinajstić information content (AvgIpc) is 3.22. The van der Waals surface area contributed by atoms with E-state index in [9.17, 15) is 9.59 Å². The zero-order valence-corrected chi connectivity index (χ0v) is 21.4. The number of rotatable bonds is 11. The molecule has 1 heterocycles. The van der Waals surface area contributed by atoms with Crippen LogP contribution in [0.5, 0.6) is 11.5 Å². The van der Waals surface area contributed by atoms with Crippen LogP contribution >= 0.6 is 11.8 Å². The molecule has 1 aromatic heterocycles. The minimum atomic E-state index is -0.358. The highest BCUT2D eigenvalue weighted by Gasteiger charge is 2.25. The van der Waals surface area contributed by atoms with Gasteiger partial charge < -0.3 is 24.7 Å². The Morgan fingerprint density at radius 1 is 1.09 bits per heavy atom. The molecule has 0 bridgehead atoms. The lowest BCUT2D eigenvalue weighted by atomic mass is 10.0. The zero-order chi connectivity index (χ0) is 25.4. The van der Waals surface area contributed by atoms with E-state index in [0.717, 1.165) is 0 Å². The Morgan fingerprint density at radius 2 is 1.80 bits per heavy atom. The molecule has 0 spiro atoms. The van der Waals surface area contributed by atoms with Gasteiger partial charge in [-0.1, -0.05) is 37.7 Å². The lowest BCUT2D eigenvalue weighted by molar-refractivity contribution is -0.113. The summed E-state index contributed by atoms with van der Waals surface area (Å²) in [6.45, 7) is 6.41. The quantitative estimate of drug-likeness (QED) is 0.384. The molecule has 0 fully saturated rings. The number of methoxy groups -OCH3 is 1. The maximum atomic E-state index is 12.8. The number of hydrogen-bond acceptors (Lipinski definition) is 7. The van der Waals surface area contributed by atoms with Gasteiger partial charge in [-0.15, -0.1) is 10.2 Å². The lowest BCUT2D eigenvalue weighted by Gasteiger charge is -2.21. The molecule has 0 aliphatic carbocycles. The Hall–Kier alpha value is -3.53. The first kappa shape index (κ1) is 26.1. The Kier molecular flexibility index (Phi) is 9.13. The van der Waals surface area contributed by atoms with Gasteiger partial charge in [0.2, 0.25) is 5.91 Å². The third-order valence-corrected chi connectivity index (χ3v) is 6.27. The second kappa shape index (κ2) is 12.3. The van der Waals surface area contributed by atoms with Crippen LogP contribution in [0.15, 0.2) is 53.7 Å². The molecule has 2 aromatic carbocycles. The Bertz CT molecular complexity index is 1150. The molecule has 10 heteroatoms. The van der Waals surface area contributed by atoms with Crippen LogP contribution in [0.1, 0.15) is 43.0 Å². The average molecular weight is 498 g/mol. The summed E-state index contributed by atoms with van der Waals surface area (Å²) >= 11 is 1.27. The molecule has 0 aliphatic rings. The zero-order valence-electron chi connectivity index (χ0n) is 20.6. The van der Waals surface area contributed by atoms with Gasteiger partial charge in [0.25, 0.3) is 5.91 Å². The molecule has 1 unspecified atom stereocenters. The molecule has 1 atom stereocenters. The second-order valence-corrected chi connectivity index (χ2v) is 9.03. The van der Waals surface area contributed by atoms with Crippen LogP contribution in [0.4, 0.5) is 5.69 Å². The van der Waals surface area contributed by atoms with Gasteiger partial charge in [-0.3, -0.25) is 9.59 Å². The first-order valence-electron chi connectivity index (χ1n) is 11.3. The van der Waals surface area contributed by atoms with Crippen LogP contribution < -0.4 is 20.1 Å². The number of aromatic nitrogens is 3. The highest BCUT2D eigenvalue weighted by atomic mass is 32.2. The molecule has 186 valence electrons. The van der Waals surface area contributed by atoms with Gasteiger partial charge in [0.1, 0.15) is 11.5 Å². The first-order chi connectivity index (χ1) is 16.8. The SMILES string of the molecule is CCOc1ccccc1NC(=O)CSc1nnc(C(NC(=O)c2ccc(OC)cc2)C(C)C)n1C. The van der Waals surface area contributed by atoms with Crippen LogP contribution in [-0.4, -0.2) is 46.0 Å². The fraction of sp³-hybridized carbons (Fsp3) is 0.360. The number of carbonyl (C=O) groups excluding carboxylic acids is 2. The first-order valence-corrected chi connectivity index (χ1v) is 12.3. The monoisotopic (exact) mass is 497 g/mol. The van der Waals surface area contributed by atoms with Crippen molar-refractivity contribution in [1.82, 2.24) is 20.1 Å². The summed E-state index contributed by atoms with van der Waals surface area (Å²) in [7, 11) is 3.41. The fourth-order valence-corrected chi connectivity index (χ4v) is 4.10. The molecule has 2 N–H and O–H groups in total. The third-order valence-electron chi connectivity index (χ3n) is 5.25. The summed E-state index contributed by atoms with van der Waals surface area (Å²) in [4.78, 5) is 25.4. The number of anilines is 1. The van der Waals surface area contributed by atoms with Gasteiger partial charge in [0, 0.05) is 12.6 Å². The van der Waals surface area contributed by atoms with Gasteiger partial charge in [0.05, 0.1) is 31.2 Å². The molecule has 0 aliphatic heterocycles. The number of thioether (sulfide) groups is 1. The number of nitrogens with zero attached hydrogens (tertiary/aromatic N) is 3. The van der Waals surface area contributed by atoms with Crippen LogP contribution in [-0.2, 0) is 11.8 Å². The summed E-state index contributed by atoms with van der Waals surface area (Å²) in [5, 5.41) is 15.1. The van der Waals surface area contributed by atoms with E-state index in [1.807, 2.05) is 50.6 Å².